The van der Waals surface area contributed by atoms with Crippen molar-refractivity contribution in [1.29, 1.82) is 0 Å². The summed E-state index contributed by atoms with van der Waals surface area (Å²) in [5.41, 5.74) is 1.68. The summed E-state index contributed by atoms with van der Waals surface area (Å²) in [6.07, 6.45) is 0.414. The molecule has 6 heteroatoms. The van der Waals surface area contributed by atoms with Crippen molar-refractivity contribution in [3.05, 3.63) is 65.0 Å². The quantitative estimate of drug-likeness (QED) is 0.519. The van der Waals surface area contributed by atoms with Gasteiger partial charge >= 0.3 is 5.97 Å². The Kier molecular flexibility index (Phi) is 4.26. The average Bonchev–Trinajstić information content (AvgIpc) is 3.23. The van der Waals surface area contributed by atoms with Gasteiger partial charge in [0, 0.05) is 23.1 Å². The van der Waals surface area contributed by atoms with Gasteiger partial charge in [-0.25, -0.2) is 4.79 Å². The molecule has 130 valence electrons. The molecule has 2 heterocycles. The maximum Gasteiger partial charge on any atom is 0.338 e. The number of nitrogens with zero attached hydrogens (tertiary/aromatic N) is 1. The van der Waals surface area contributed by atoms with E-state index >= 15 is 0 Å². The zero-order chi connectivity index (χ0) is 18.1. The van der Waals surface area contributed by atoms with Crippen LogP contribution in [-0.4, -0.2) is 17.8 Å². The number of thiophene rings is 1. The first-order chi connectivity index (χ1) is 12.6. The van der Waals surface area contributed by atoms with Crippen molar-refractivity contribution in [2.24, 2.45) is 0 Å². The van der Waals surface area contributed by atoms with Gasteiger partial charge in [-0.15, -0.1) is 11.3 Å². The van der Waals surface area contributed by atoms with Crippen LogP contribution in [0.1, 0.15) is 28.8 Å². The largest absolute Gasteiger partial charge is 0.457 e. The van der Waals surface area contributed by atoms with Crippen molar-refractivity contribution >= 4 is 44.9 Å². The van der Waals surface area contributed by atoms with E-state index in [4.69, 9.17) is 4.74 Å². The highest BCUT2D eigenvalue weighted by Crippen LogP contribution is 2.27. The second kappa shape index (κ2) is 6.72. The molecule has 2 amide bonds. The van der Waals surface area contributed by atoms with Crippen molar-refractivity contribution in [3.8, 4) is 0 Å². The minimum Gasteiger partial charge on any atom is -0.457 e. The van der Waals surface area contributed by atoms with E-state index in [1.54, 1.807) is 29.5 Å². The smallest absolute Gasteiger partial charge is 0.338 e. The lowest BCUT2D eigenvalue weighted by molar-refractivity contribution is -0.121. The fraction of sp³-hybridized carbons (Fsp3) is 0.150. The van der Waals surface area contributed by atoms with Crippen LogP contribution >= 0.6 is 11.3 Å². The highest BCUT2D eigenvalue weighted by molar-refractivity contribution is 7.17. The van der Waals surface area contributed by atoms with E-state index in [9.17, 15) is 14.4 Å². The van der Waals surface area contributed by atoms with Gasteiger partial charge in [-0.2, -0.15) is 0 Å². The lowest BCUT2D eigenvalue weighted by atomic mass is 10.2. The maximum absolute atomic E-state index is 12.4. The molecule has 1 aromatic heterocycles. The van der Waals surface area contributed by atoms with Gasteiger partial charge in [0.05, 0.1) is 11.3 Å². The van der Waals surface area contributed by atoms with Gasteiger partial charge < -0.3 is 4.74 Å². The molecular formula is C20H15NO4S. The third-order valence-corrected chi connectivity index (χ3v) is 5.32. The first kappa shape index (κ1) is 16.5. The summed E-state index contributed by atoms with van der Waals surface area (Å²) >= 11 is 1.61. The fourth-order valence-corrected chi connectivity index (χ4v) is 3.96. The van der Waals surface area contributed by atoms with Crippen LogP contribution in [0.25, 0.3) is 10.1 Å². The second-order valence-electron chi connectivity index (χ2n) is 6.01. The molecule has 0 saturated carbocycles. The molecule has 1 saturated heterocycles. The zero-order valence-corrected chi connectivity index (χ0v) is 14.6. The first-order valence-corrected chi connectivity index (χ1v) is 9.09. The predicted molar refractivity (Wildman–Crippen MR) is 99.1 cm³/mol. The number of rotatable bonds is 4. The Balaban J connectivity index is 1.51. The van der Waals surface area contributed by atoms with E-state index in [1.807, 2.05) is 29.6 Å². The Morgan fingerprint density at radius 3 is 2.62 bits per heavy atom. The molecular weight excluding hydrogens is 350 g/mol. The van der Waals surface area contributed by atoms with Crippen LogP contribution in [0, 0.1) is 0 Å². The SMILES string of the molecule is O=C(OCc1csc2ccccc12)c1cccc(N2C(=O)CCC2=O)c1. The molecule has 0 aliphatic carbocycles. The summed E-state index contributed by atoms with van der Waals surface area (Å²) in [7, 11) is 0. The zero-order valence-electron chi connectivity index (χ0n) is 13.8. The summed E-state index contributed by atoms with van der Waals surface area (Å²) < 4.78 is 6.58. The summed E-state index contributed by atoms with van der Waals surface area (Å²) in [4.78, 5) is 37.3. The normalized spacial score (nSPS) is 14.2. The van der Waals surface area contributed by atoms with E-state index in [-0.39, 0.29) is 31.3 Å². The summed E-state index contributed by atoms with van der Waals surface area (Å²) in [6.45, 7) is 0.175. The Morgan fingerprint density at radius 1 is 1.04 bits per heavy atom. The molecule has 4 rings (SSSR count). The van der Waals surface area contributed by atoms with Crippen molar-refractivity contribution in [3.63, 3.8) is 0 Å². The van der Waals surface area contributed by atoms with E-state index in [1.165, 1.54) is 6.07 Å². The van der Waals surface area contributed by atoms with E-state index < -0.39 is 5.97 Å². The molecule has 2 aromatic carbocycles. The Morgan fingerprint density at radius 2 is 1.81 bits per heavy atom. The highest BCUT2D eigenvalue weighted by atomic mass is 32.1. The number of esters is 1. The molecule has 1 fully saturated rings. The number of hydrogen-bond acceptors (Lipinski definition) is 5. The van der Waals surface area contributed by atoms with Crippen LogP contribution in [0.4, 0.5) is 5.69 Å². The molecule has 0 unspecified atom stereocenters. The Bertz CT molecular complexity index is 1010. The number of hydrogen-bond donors (Lipinski definition) is 0. The van der Waals surface area contributed by atoms with Crippen molar-refractivity contribution in [2.75, 3.05) is 4.90 Å². The maximum atomic E-state index is 12.4. The van der Waals surface area contributed by atoms with Gasteiger partial charge in [-0.1, -0.05) is 24.3 Å². The van der Waals surface area contributed by atoms with Crippen LogP contribution < -0.4 is 4.90 Å². The third kappa shape index (κ3) is 2.99. The van der Waals surface area contributed by atoms with E-state index in [2.05, 4.69) is 0 Å². The van der Waals surface area contributed by atoms with Crippen LogP contribution in [0.15, 0.2) is 53.9 Å². The Labute approximate surface area is 153 Å². The number of fused-ring (bicyclic) bond motifs is 1. The van der Waals surface area contributed by atoms with Crippen LogP contribution in [0.3, 0.4) is 0 Å². The van der Waals surface area contributed by atoms with Gasteiger partial charge in [-0.3, -0.25) is 14.5 Å². The molecule has 1 aliphatic rings. The number of imide groups is 1. The fourth-order valence-electron chi connectivity index (χ4n) is 3.01. The predicted octanol–water partition coefficient (Wildman–Crippen LogP) is 3.91. The number of anilines is 1. The van der Waals surface area contributed by atoms with Crippen molar-refractivity contribution in [1.82, 2.24) is 0 Å². The molecule has 0 N–H and O–H groups in total. The van der Waals surface area contributed by atoms with Crippen LogP contribution in [0.5, 0.6) is 0 Å². The molecule has 1 aliphatic heterocycles. The monoisotopic (exact) mass is 365 g/mol. The van der Waals surface area contributed by atoms with Crippen molar-refractivity contribution in [2.45, 2.75) is 19.4 Å². The number of carbonyl (C=O) groups excluding carboxylic acids is 3. The van der Waals surface area contributed by atoms with Crippen LogP contribution in [0.2, 0.25) is 0 Å². The number of ether oxygens (including phenoxy) is 1. The lowest BCUT2D eigenvalue weighted by Crippen LogP contribution is -2.28. The summed E-state index contributed by atoms with van der Waals surface area (Å²) in [6, 6.07) is 14.4. The molecule has 0 radical (unpaired) electrons. The number of benzene rings is 2. The van der Waals surface area contributed by atoms with Gasteiger partial charge in [0.1, 0.15) is 6.61 Å². The highest BCUT2D eigenvalue weighted by Gasteiger charge is 2.30. The first-order valence-electron chi connectivity index (χ1n) is 8.21. The topological polar surface area (TPSA) is 63.7 Å². The van der Waals surface area contributed by atoms with Gasteiger partial charge in [0.15, 0.2) is 0 Å². The van der Waals surface area contributed by atoms with Crippen LogP contribution in [-0.2, 0) is 20.9 Å². The second-order valence-corrected chi connectivity index (χ2v) is 6.92. The molecule has 5 nitrogen and oxygen atoms in total. The minimum absolute atomic E-state index is 0.175. The average molecular weight is 365 g/mol. The molecule has 0 bridgehead atoms. The number of amides is 2. The van der Waals surface area contributed by atoms with Gasteiger partial charge in [-0.05, 0) is 35.0 Å². The molecule has 3 aromatic rings. The summed E-state index contributed by atoms with van der Waals surface area (Å²) in [5.74, 6) is -0.975. The molecule has 26 heavy (non-hydrogen) atoms. The van der Waals surface area contributed by atoms with E-state index in [0.717, 1.165) is 20.5 Å². The minimum atomic E-state index is -0.485. The van der Waals surface area contributed by atoms with Crippen molar-refractivity contribution < 1.29 is 19.1 Å². The molecule has 0 spiro atoms. The summed E-state index contributed by atoms with van der Waals surface area (Å²) in [5, 5.41) is 3.06. The van der Waals surface area contributed by atoms with E-state index in [0.29, 0.717) is 11.3 Å². The lowest BCUT2D eigenvalue weighted by Gasteiger charge is -2.14. The van der Waals surface area contributed by atoms with Gasteiger partial charge in [0.2, 0.25) is 11.8 Å². The van der Waals surface area contributed by atoms with Gasteiger partial charge in [0.25, 0.3) is 0 Å². The molecule has 0 atom stereocenters. The third-order valence-electron chi connectivity index (χ3n) is 4.31. The number of carbonyl (C=O) groups is 3. The Hall–Kier alpha value is -2.99. The standard InChI is InChI=1S/C20H15NO4S/c22-18-8-9-19(23)21(18)15-5-3-4-13(10-15)20(24)25-11-14-12-26-17-7-2-1-6-16(14)17/h1-7,10,12H,8-9,11H2.